The second kappa shape index (κ2) is 7.18. The Morgan fingerprint density at radius 2 is 2.35 bits per heavy atom. The maximum Gasteiger partial charge on any atom is 0.308 e. The second-order valence-electron chi connectivity index (χ2n) is 5.87. The molecular weight excluding hydrogens is 272 g/mol. The van der Waals surface area contributed by atoms with Gasteiger partial charge >= 0.3 is 5.97 Å². The number of hydrogen-bond donors (Lipinski definition) is 1. The van der Waals surface area contributed by atoms with E-state index in [-0.39, 0.29) is 12.0 Å². The summed E-state index contributed by atoms with van der Waals surface area (Å²) in [7, 11) is 2.04. The lowest BCUT2D eigenvalue weighted by molar-refractivity contribution is -0.146. The molecule has 1 aromatic heterocycles. The lowest BCUT2D eigenvalue weighted by Gasteiger charge is -2.39. The molecule has 3 atom stereocenters. The zero-order chi connectivity index (χ0) is 14.5. The number of rotatable bonds is 6. The van der Waals surface area contributed by atoms with E-state index in [2.05, 4.69) is 16.8 Å². The molecule has 1 fully saturated rings. The second-order valence-corrected chi connectivity index (χ2v) is 6.59. The third kappa shape index (κ3) is 3.79. The highest BCUT2D eigenvalue weighted by Gasteiger charge is 2.36. The van der Waals surface area contributed by atoms with Gasteiger partial charge < -0.3 is 5.11 Å². The van der Waals surface area contributed by atoms with Gasteiger partial charge in [0.15, 0.2) is 0 Å². The molecule has 1 aromatic rings. The van der Waals surface area contributed by atoms with Gasteiger partial charge in [-0.1, -0.05) is 19.8 Å². The van der Waals surface area contributed by atoms with Crippen LogP contribution < -0.4 is 0 Å². The van der Waals surface area contributed by atoms with Crippen molar-refractivity contribution in [3.8, 4) is 0 Å². The topological polar surface area (TPSA) is 53.4 Å². The molecule has 1 aliphatic carbocycles. The zero-order valence-corrected chi connectivity index (χ0v) is 13.1. The molecule has 1 heterocycles. The Morgan fingerprint density at radius 3 is 2.95 bits per heavy atom. The van der Waals surface area contributed by atoms with Crippen molar-refractivity contribution >= 4 is 17.3 Å². The maximum atomic E-state index is 11.5. The normalized spacial score (nSPS) is 26.9. The van der Waals surface area contributed by atoms with Crippen molar-refractivity contribution < 1.29 is 9.90 Å². The monoisotopic (exact) mass is 296 g/mol. The first kappa shape index (κ1) is 15.4. The first-order valence-corrected chi connectivity index (χ1v) is 8.36. The summed E-state index contributed by atoms with van der Waals surface area (Å²) in [4.78, 5) is 18.0. The Bertz CT molecular complexity index is 422. The Balaban J connectivity index is 2.03. The van der Waals surface area contributed by atoms with Crippen LogP contribution in [0.4, 0.5) is 0 Å². The van der Waals surface area contributed by atoms with E-state index < -0.39 is 5.97 Å². The molecule has 3 unspecified atom stereocenters. The van der Waals surface area contributed by atoms with E-state index in [0.717, 1.165) is 31.5 Å². The van der Waals surface area contributed by atoms with E-state index in [0.29, 0.717) is 5.92 Å². The predicted octanol–water partition coefficient (Wildman–Crippen LogP) is 3.24. The Morgan fingerprint density at radius 1 is 1.55 bits per heavy atom. The SMILES string of the molecule is CCCC1CCC(C(=O)O)C(N(C)Cc2cscn2)C1. The summed E-state index contributed by atoms with van der Waals surface area (Å²) in [6.07, 6.45) is 5.28. The van der Waals surface area contributed by atoms with Gasteiger partial charge in [-0.3, -0.25) is 9.69 Å². The smallest absolute Gasteiger partial charge is 0.308 e. The summed E-state index contributed by atoms with van der Waals surface area (Å²) >= 11 is 1.59. The van der Waals surface area contributed by atoms with Gasteiger partial charge in [0.2, 0.25) is 0 Å². The van der Waals surface area contributed by atoms with Crippen molar-refractivity contribution in [1.82, 2.24) is 9.88 Å². The quantitative estimate of drug-likeness (QED) is 0.875. The minimum Gasteiger partial charge on any atom is -0.481 e. The first-order valence-electron chi connectivity index (χ1n) is 7.42. The summed E-state index contributed by atoms with van der Waals surface area (Å²) in [5, 5.41) is 11.5. The molecule has 5 heteroatoms. The van der Waals surface area contributed by atoms with Crippen molar-refractivity contribution in [2.45, 2.75) is 51.6 Å². The van der Waals surface area contributed by atoms with Crippen LogP contribution in [0.5, 0.6) is 0 Å². The molecule has 1 N–H and O–H groups in total. The highest BCUT2D eigenvalue weighted by molar-refractivity contribution is 7.07. The highest BCUT2D eigenvalue weighted by atomic mass is 32.1. The molecule has 4 nitrogen and oxygen atoms in total. The minimum absolute atomic E-state index is 0.138. The van der Waals surface area contributed by atoms with Crippen molar-refractivity contribution in [2.75, 3.05) is 7.05 Å². The number of hydrogen-bond acceptors (Lipinski definition) is 4. The number of carboxylic acids is 1. The van der Waals surface area contributed by atoms with E-state index in [1.54, 1.807) is 11.3 Å². The van der Waals surface area contributed by atoms with Crippen molar-refractivity contribution in [3.05, 3.63) is 16.6 Å². The molecule has 2 rings (SSSR count). The van der Waals surface area contributed by atoms with Crippen molar-refractivity contribution in [2.24, 2.45) is 11.8 Å². The van der Waals surface area contributed by atoms with Gasteiger partial charge in [0, 0.05) is 18.0 Å². The third-order valence-corrected chi connectivity index (χ3v) is 5.04. The van der Waals surface area contributed by atoms with Crippen LogP contribution in [0.2, 0.25) is 0 Å². The van der Waals surface area contributed by atoms with Crippen molar-refractivity contribution in [1.29, 1.82) is 0 Å². The molecule has 1 saturated carbocycles. The standard InChI is InChI=1S/C15H24N2O2S/c1-3-4-11-5-6-13(15(18)19)14(7-11)17(2)8-12-9-20-10-16-12/h9-11,13-14H,3-8H2,1-2H3,(H,18,19). The third-order valence-electron chi connectivity index (χ3n) is 4.40. The Labute approximate surface area is 124 Å². The van der Waals surface area contributed by atoms with Crippen molar-refractivity contribution in [3.63, 3.8) is 0 Å². The molecule has 1 aliphatic rings. The fourth-order valence-corrected chi connectivity index (χ4v) is 3.91. The lowest BCUT2D eigenvalue weighted by atomic mass is 9.76. The zero-order valence-electron chi connectivity index (χ0n) is 12.3. The van der Waals surface area contributed by atoms with Gasteiger partial charge in [0.25, 0.3) is 0 Å². The molecule has 0 radical (unpaired) electrons. The van der Waals surface area contributed by atoms with Gasteiger partial charge in [-0.05, 0) is 32.2 Å². The van der Waals surface area contributed by atoms with E-state index in [9.17, 15) is 9.90 Å². The van der Waals surface area contributed by atoms with Gasteiger partial charge in [-0.2, -0.15) is 0 Å². The predicted molar refractivity (Wildman–Crippen MR) is 80.7 cm³/mol. The fraction of sp³-hybridized carbons (Fsp3) is 0.733. The molecule has 0 bridgehead atoms. The molecule has 0 saturated heterocycles. The van der Waals surface area contributed by atoms with Gasteiger partial charge in [-0.25, -0.2) is 4.98 Å². The maximum absolute atomic E-state index is 11.5. The number of aliphatic carboxylic acids is 1. The van der Waals surface area contributed by atoms with Crippen LogP contribution in [-0.4, -0.2) is 34.0 Å². The summed E-state index contributed by atoms with van der Waals surface area (Å²) in [5.74, 6) is -0.194. The number of carboxylic acid groups (broad SMARTS) is 1. The van der Waals surface area contributed by atoms with E-state index >= 15 is 0 Å². The van der Waals surface area contributed by atoms with Crippen LogP contribution in [0, 0.1) is 11.8 Å². The van der Waals surface area contributed by atoms with Crippen LogP contribution in [0.3, 0.4) is 0 Å². The number of nitrogens with zero attached hydrogens (tertiary/aromatic N) is 2. The lowest BCUT2D eigenvalue weighted by Crippen LogP contribution is -2.45. The molecule has 0 aromatic carbocycles. The van der Waals surface area contributed by atoms with E-state index in [4.69, 9.17) is 0 Å². The van der Waals surface area contributed by atoms with Crippen LogP contribution in [-0.2, 0) is 11.3 Å². The summed E-state index contributed by atoms with van der Waals surface area (Å²) in [6, 6.07) is 0.138. The number of aromatic nitrogens is 1. The molecule has 0 spiro atoms. The highest BCUT2D eigenvalue weighted by Crippen LogP contribution is 2.35. The van der Waals surface area contributed by atoms with E-state index in [1.165, 1.54) is 12.8 Å². The summed E-state index contributed by atoms with van der Waals surface area (Å²) in [5.41, 5.74) is 2.87. The first-order chi connectivity index (χ1) is 9.61. The molecular formula is C15H24N2O2S. The van der Waals surface area contributed by atoms with Gasteiger partial charge in [0.05, 0.1) is 17.1 Å². The minimum atomic E-state index is -0.643. The van der Waals surface area contributed by atoms with Crippen LogP contribution in [0.1, 0.15) is 44.7 Å². The molecule has 20 heavy (non-hydrogen) atoms. The van der Waals surface area contributed by atoms with Gasteiger partial charge in [0.1, 0.15) is 0 Å². The summed E-state index contributed by atoms with van der Waals surface area (Å²) < 4.78 is 0. The average Bonchev–Trinajstić information content (AvgIpc) is 2.91. The van der Waals surface area contributed by atoms with Crippen LogP contribution in [0.15, 0.2) is 10.9 Å². The Hall–Kier alpha value is -0.940. The fourth-order valence-electron chi connectivity index (χ4n) is 3.37. The molecule has 0 amide bonds. The molecule has 0 aliphatic heterocycles. The van der Waals surface area contributed by atoms with Gasteiger partial charge in [-0.15, -0.1) is 11.3 Å². The number of carbonyl (C=O) groups is 1. The Kier molecular flexibility index (Phi) is 5.54. The van der Waals surface area contributed by atoms with Crippen LogP contribution in [0.25, 0.3) is 0 Å². The van der Waals surface area contributed by atoms with Crippen LogP contribution >= 0.6 is 11.3 Å². The molecule has 112 valence electrons. The largest absolute Gasteiger partial charge is 0.481 e. The average molecular weight is 296 g/mol. The summed E-state index contributed by atoms with van der Waals surface area (Å²) in [6.45, 7) is 2.95. The van der Waals surface area contributed by atoms with E-state index in [1.807, 2.05) is 17.9 Å². The number of thiazole rings is 1.